The van der Waals surface area contributed by atoms with Gasteiger partial charge in [-0.05, 0) is 25.3 Å². The van der Waals surface area contributed by atoms with Gasteiger partial charge >= 0.3 is 0 Å². The second kappa shape index (κ2) is 5.16. The van der Waals surface area contributed by atoms with Gasteiger partial charge in [0.05, 0.1) is 17.8 Å². The molecule has 2 atom stereocenters. The van der Waals surface area contributed by atoms with Crippen LogP contribution in [0.25, 0.3) is 0 Å². The summed E-state index contributed by atoms with van der Waals surface area (Å²) in [6.45, 7) is 3.90. The molecule has 0 radical (unpaired) electrons. The number of aromatic nitrogens is 1. The Hall–Kier alpha value is -0.910. The summed E-state index contributed by atoms with van der Waals surface area (Å²) in [5, 5.41) is 14.4. The third kappa shape index (κ3) is 2.68. The van der Waals surface area contributed by atoms with E-state index in [0.717, 1.165) is 10.8 Å². The van der Waals surface area contributed by atoms with Crippen LogP contribution in [0.2, 0.25) is 0 Å². The minimum atomic E-state index is -0.495. The minimum absolute atomic E-state index is 0.308. The zero-order chi connectivity index (χ0) is 12.4. The SMILES string of the molecule is CC(O)c1csc(N(C)C(C)c2cccs2)n1. The lowest BCUT2D eigenvalue weighted by Gasteiger charge is -2.23. The van der Waals surface area contributed by atoms with Crippen LogP contribution in [0.15, 0.2) is 22.9 Å². The molecule has 0 fully saturated rings. The highest BCUT2D eigenvalue weighted by Gasteiger charge is 2.17. The van der Waals surface area contributed by atoms with E-state index < -0.39 is 6.10 Å². The third-order valence-electron chi connectivity index (χ3n) is 2.78. The molecule has 0 aliphatic carbocycles. The number of thiophene rings is 1. The van der Waals surface area contributed by atoms with E-state index in [1.807, 2.05) is 12.4 Å². The van der Waals surface area contributed by atoms with Crippen molar-refractivity contribution in [1.82, 2.24) is 4.98 Å². The second-order valence-electron chi connectivity index (χ2n) is 4.03. The van der Waals surface area contributed by atoms with Crippen LogP contribution < -0.4 is 4.90 Å². The van der Waals surface area contributed by atoms with Gasteiger partial charge in [-0.25, -0.2) is 4.98 Å². The molecule has 0 saturated carbocycles. The molecule has 0 bridgehead atoms. The molecule has 0 aromatic carbocycles. The monoisotopic (exact) mass is 268 g/mol. The smallest absolute Gasteiger partial charge is 0.185 e. The first-order valence-corrected chi connectivity index (χ1v) is 7.25. The van der Waals surface area contributed by atoms with Gasteiger partial charge in [-0.2, -0.15) is 0 Å². The molecule has 2 aromatic heterocycles. The third-order valence-corrected chi connectivity index (χ3v) is 4.77. The van der Waals surface area contributed by atoms with Gasteiger partial charge in [0.25, 0.3) is 0 Å². The maximum absolute atomic E-state index is 9.47. The Morgan fingerprint density at radius 1 is 1.35 bits per heavy atom. The molecule has 0 aliphatic heterocycles. The highest BCUT2D eigenvalue weighted by atomic mass is 32.1. The summed E-state index contributed by atoms with van der Waals surface area (Å²) in [7, 11) is 2.04. The largest absolute Gasteiger partial charge is 0.387 e. The molecule has 17 heavy (non-hydrogen) atoms. The second-order valence-corrected chi connectivity index (χ2v) is 5.85. The number of nitrogens with zero attached hydrogens (tertiary/aromatic N) is 2. The summed E-state index contributed by atoms with van der Waals surface area (Å²) in [6, 6.07) is 4.51. The molecular formula is C12H16N2OS2. The Morgan fingerprint density at radius 2 is 2.12 bits per heavy atom. The van der Waals surface area contributed by atoms with Gasteiger partial charge in [0.2, 0.25) is 0 Å². The first-order valence-electron chi connectivity index (χ1n) is 5.49. The van der Waals surface area contributed by atoms with Crippen LogP contribution in [0, 0.1) is 0 Å². The molecule has 2 unspecified atom stereocenters. The fourth-order valence-electron chi connectivity index (χ4n) is 1.52. The average molecular weight is 268 g/mol. The highest BCUT2D eigenvalue weighted by Crippen LogP contribution is 2.31. The number of hydrogen-bond donors (Lipinski definition) is 1. The Labute approximate surface area is 109 Å². The number of thiazole rings is 1. The van der Waals surface area contributed by atoms with Gasteiger partial charge < -0.3 is 10.0 Å². The van der Waals surface area contributed by atoms with Crippen LogP contribution in [0.1, 0.15) is 36.6 Å². The van der Waals surface area contributed by atoms with Crippen molar-refractivity contribution in [3.05, 3.63) is 33.5 Å². The Kier molecular flexibility index (Phi) is 3.81. The first-order chi connectivity index (χ1) is 8.09. The van der Waals surface area contributed by atoms with Crippen molar-refractivity contribution >= 4 is 27.8 Å². The quantitative estimate of drug-likeness (QED) is 0.922. The maximum Gasteiger partial charge on any atom is 0.185 e. The number of rotatable bonds is 4. The first kappa shape index (κ1) is 12.5. The number of aliphatic hydroxyl groups excluding tert-OH is 1. The molecule has 5 heteroatoms. The van der Waals surface area contributed by atoms with E-state index in [0.29, 0.717) is 6.04 Å². The van der Waals surface area contributed by atoms with E-state index >= 15 is 0 Å². The predicted molar refractivity (Wildman–Crippen MR) is 73.9 cm³/mol. The fraction of sp³-hybridized carbons (Fsp3) is 0.417. The zero-order valence-corrected chi connectivity index (χ0v) is 11.8. The van der Waals surface area contributed by atoms with Crippen LogP contribution in [-0.4, -0.2) is 17.1 Å². The van der Waals surface area contributed by atoms with Crippen LogP contribution in [0.5, 0.6) is 0 Å². The summed E-state index contributed by atoms with van der Waals surface area (Å²) in [6.07, 6.45) is -0.495. The van der Waals surface area contributed by atoms with E-state index in [1.165, 1.54) is 4.88 Å². The molecule has 3 nitrogen and oxygen atoms in total. The maximum atomic E-state index is 9.47. The summed E-state index contributed by atoms with van der Waals surface area (Å²) in [4.78, 5) is 7.90. The Bertz CT molecular complexity index is 465. The molecule has 2 aromatic rings. The van der Waals surface area contributed by atoms with E-state index in [9.17, 15) is 5.11 Å². The highest BCUT2D eigenvalue weighted by molar-refractivity contribution is 7.13. The zero-order valence-electron chi connectivity index (χ0n) is 10.1. The molecule has 2 rings (SSSR count). The Morgan fingerprint density at radius 3 is 2.65 bits per heavy atom. The van der Waals surface area contributed by atoms with Crippen molar-refractivity contribution in [2.24, 2.45) is 0 Å². The van der Waals surface area contributed by atoms with E-state index in [-0.39, 0.29) is 0 Å². The predicted octanol–water partition coefficient (Wildman–Crippen LogP) is 3.46. The molecule has 0 amide bonds. The van der Waals surface area contributed by atoms with Crippen LogP contribution in [0.3, 0.4) is 0 Å². The lowest BCUT2D eigenvalue weighted by Crippen LogP contribution is -2.20. The van der Waals surface area contributed by atoms with Crippen LogP contribution >= 0.6 is 22.7 Å². The fourth-order valence-corrected chi connectivity index (χ4v) is 3.30. The number of aliphatic hydroxyl groups is 1. The average Bonchev–Trinajstić information content (AvgIpc) is 2.97. The number of hydrogen-bond acceptors (Lipinski definition) is 5. The molecule has 0 aliphatic rings. The van der Waals surface area contributed by atoms with Crippen molar-refractivity contribution in [3.63, 3.8) is 0 Å². The summed E-state index contributed by atoms with van der Waals surface area (Å²) < 4.78 is 0. The lowest BCUT2D eigenvalue weighted by molar-refractivity contribution is 0.195. The van der Waals surface area contributed by atoms with Crippen molar-refractivity contribution in [3.8, 4) is 0 Å². The summed E-state index contributed by atoms with van der Waals surface area (Å²) in [5.74, 6) is 0. The Balaban J connectivity index is 2.16. The molecule has 92 valence electrons. The summed E-state index contributed by atoms with van der Waals surface area (Å²) in [5.41, 5.74) is 0.746. The van der Waals surface area contributed by atoms with Crippen molar-refractivity contribution < 1.29 is 5.11 Å². The number of anilines is 1. The van der Waals surface area contributed by atoms with Crippen molar-refractivity contribution in [2.45, 2.75) is 26.0 Å². The molecule has 2 heterocycles. The van der Waals surface area contributed by atoms with Gasteiger partial charge in [-0.3, -0.25) is 0 Å². The normalized spacial score (nSPS) is 14.6. The molecule has 0 spiro atoms. The lowest BCUT2D eigenvalue weighted by atomic mass is 10.2. The van der Waals surface area contributed by atoms with E-state index in [2.05, 4.69) is 34.3 Å². The van der Waals surface area contributed by atoms with E-state index in [1.54, 1.807) is 29.6 Å². The molecule has 1 N–H and O–H groups in total. The minimum Gasteiger partial charge on any atom is -0.387 e. The van der Waals surface area contributed by atoms with Gasteiger partial charge in [0.1, 0.15) is 0 Å². The molecule has 0 saturated heterocycles. The summed E-state index contributed by atoms with van der Waals surface area (Å²) >= 11 is 3.32. The van der Waals surface area contributed by atoms with E-state index in [4.69, 9.17) is 0 Å². The molecular weight excluding hydrogens is 252 g/mol. The van der Waals surface area contributed by atoms with Gasteiger partial charge in [0, 0.05) is 17.3 Å². The van der Waals surface area contributed by atoms with Gasteiger partial charge in [-0.15, -0.1) is 22.7 Å². The van der Waals surface area contributed by atoms with Gasteiger partial charge in [0.15, 0.2) is 5.13 Å². The van der Waals surface area contributed by atoms with Gasteiger partial charge in [-0.1, -0.05) is 6.07 Å². The van der Waals surface area contributed by atoms with Crippen LogP contribution in [-0.2, 0) is 0 Å². The van der Waals surface area contributed by atoms with Crippen molar-refractivity contribution in [2.75, 3.05) is 11.9 Å². The van der Waals surface area contributed by atoms with Crippen LogP contribution in [0.4, 0.5) is 5.13 Å². The van der Waals surface area contributed by atoms with Crippen molar-refractivity contribution in [1.29, 1.82) is 0 Å². The topological polar surface area (TPSA) is 36.4 Å². The standard InChI is InChI=1S/C12H16N2OS2/c1-8(11-5-4-6-16-11)14(3)12-13-10(7-17-12)9(2)15/h4-9,15H,1-3H3.